The average Bonchev–Trinajstić information content (AvgIpc) is 2.85. The summed E-state index contributed by atoms with van der Waals surface area (Å²) in [4.78, 5) is 17.3. The Balaban J connectivity index is 2.01. The normalized spacial score (nSPS) is 21.1. The number of carboxylic acid groups (broad SMARTS) is 1. The minimum Gasteiger partial charge on any atom is -0.481 e. The number of rotatable bonds is 5. The number of carboxylic acids is 1. The molecule has 1 aliphatic rings. The Morgan fingerprint density at radius 3 is 3.17 bits per heavy atom. The van der Waals surface area contributed by atoms with Gasteiger partial charge < -0.3 is 9.52 Å². The lowest BCUT2D eigenvalue weighted by atomic mass is 10.0. The highest BCUT2D eigenvalue weighted by Crippen LogP contribution is 2.30. The van der Waals surface area contributed by atoms with E-state index >= 15 is 0 Å². The molecule has 1 fully saturated rings. The van der Waals surface area contributed by atoms with Gasteiger partial charge >= 0.3 is 5.97 Å². The predicted octanol–water partition coefficient (Wildman–Crippen LogP) is 2.24. The number of likely N-dealkylation sites (tertiary alicyclic amines) is 1. The number of oxazole rings is 1. The third-order valence-corrected chi connectivity index (χ3v) is 3.47. The van der Waals surface area contributed by atoms with Gasteiger partial charge in [0.1, 0.15) is 6.26 Å². The van der Waals surface area contributed by atoms with Gasteiger partial charge in [-0.05, 0) is 25.9 Å². The first kappa shape index (κ1) is 13.1. The molecule has 0 bridgehead atoms. The first-order chi connectivity index (χ1) is 8.70. The van der Waals surface area contributed by atoms with Crippen LogP contribution in [0.15, 0.2) is 10.7 Å². The van der Waals surface area contributed by atoms with Crippen molar-refractivity contribution in [3.63, 3.8) is 0 Å². The van der Waals surface area contributed by atoms with Crippen molar-refractivity contribution < 1.29 is 14.3 Å². The Labute approximate surface area is 107 Å². The Kier molecular flexibility index (Phi) is 4.36. The molecule has 0 amide bonds. The highest BCUT2D eigenvalue weighted by Gasteiger charge is 2.26. The molecule has 1 unspecified atom stereocenters. The van der Waals surface area contributed by atoms with Crippen LogP contribution in [0.4, 0.5) is 0 Å². The van der Waals surface area contributed by atoms with Gasteiger partial charge in [-0.3, -0.25) is 9.69 Å². The van der Waals surface area contributed by atoms with E-state index in [1.165, 1.54) is 12.8 Å². The molecule has 1 aliphatic heterocycles. The maximum Gasteiger partial charge on any atom is 0.303 e. The summed E-state index contributed by atoms with van der Waals surface area (Å²) >= 11 is 0. The van der Waals surface area contributed by atoms with E-state index in [9.17, 15) is 4.79 Å². The molecule has 0 aliphatic carbocycles. The lowest BCUT2D eigenvalue weighted by Crippen LogP contribution is -2.33. The van der Waals surface area contributed by atoms with Crippen molar-refractivity contribution in [1.82, 2.24) is 9.88 Å². The molecular weight excluding hydrogens is 232 g/mol. The summed E-state index contributed by atoms with van der Waals surface area (Å²) < 4.78 is 5.52. The molecular formula is C13H20N2O3. The smallest absolute Gasteiger partial charge is 0.303 e. The quantitative estimate of drug-likeness (QED) is 0.870. The van der Waals surface area contributed by atoms with Crippen LogP contribution < -0.4 is 0 Å². The van der Waals surface area contributed by atoms with Crippen LogP contribution in [0.2, 0.25) is 0 Å². The van der Waals surface area contributed by atoms with Crippen molar-refractivity contribution in [2.24, 2.45) is 0 Å². The summed E-state index contributed by atoms with van der Waals surface area (Å²) in [5.41, 5.74) is 0.744. The van der Waals surface area contributed by atoms with Crippen LogP contribution in [-0.4, -0.2) is 34.0 Å². The maximum atomic E-state index is 10.5. The zero-order chi connectivity index (χ0) is 13.0. The van der Waals surface area contributed by atoms with Crippen molar-refractivity contribution in [2.75, 3.05) is 13.1 Å². The number of hydrogen-bond donors (Lipinski definition) is 1. The van der Waals surface area contributed by atoms with Crippen LogP contribution in [-0.2, 0) is 11.2 Å². The monoisotopic (exact) mass is 252 g/mol. The molecule has 1 aromatic heterocycles. The zero-order valence-electron chi connectivity index (χ0n) is 10.8. The molecule has 5 nitrogen and oxygen atoms in total. The number of aliphatic carboxylic acids is 1. The first-order valence-corrected chi connectivity index (χ1v) is 6.61. The van der Waals surface area contributed by atoms with Gasteiger partial charge in [0.05, 0.1) is 18.2 Å². The number of hydrogen-bond acceptors (Lipinski definition) is 4. The fraction of sp³-hybridized carbons (Fsp3) is 0.692. The molecule has 2 heterocycles. The fourth-order valence-electron chi connectivity index (χ4n) is 2.47. The van der Waals surface area contributed by atoms with Gasteiger partial charge in [0, 0.05) is 6.42 Å². The fourth-order valence-corrected chi connectivity index (χ4v) is 2.47. The van der Waals surface area contributed by atoms with Crippen molar-refractivity contribution >= 4 is 5.97 Å². The largest absolute Gasteiger partial charge is 0.481 e. The molecule has 0 radical (unpaired) electrons. The molecule has 100 valence electrons. The first-order valence-electron chi connectivity index (χ1n) is 6.61. The van der Waals surface area contributed by atoms with Gasteiger partial charge in [0.25, 0.3) is 0 Å². The van der Waals surface area contributed by atoms with Crippen LogP contribution in [0.25, 0.3) is 0 Å². The van der Waals surface area contributed by atoms with Crippen LogP contribution in [0.3, 0.4) is 0 Å². The van der Waals surface area contributed by atoms with E-state index in [-0.39, 0.29) is 12.5 Å². The van der Waals surface area contributed by atoms with E-state index in [2.05, 4.69) is 16.8 Å². The van der Waals surface area contributed by atoms with E-state index < -0.39 is 5.97 Å². The predicted molar refractivity (Wildman–Crippen MR) is 66.3 cm³/mol. The van der Waals surface area contributed by atoms with Crippen LogP contribution in [0.1, 0.15) is 50.2 Å². The molecule has 18 heavy (non-hydrogen) atoms. The summed E-state index contributed by atoms with van der Waals surface area (Å²) in [6.07, 6.45) is 5.66. The van der Waals surface area contributed by atoms with Gasteiger partial charge in [-0.2, -0.15) is 0 Å². The molecule has 2 rings (SSSR count). The number of piperidine rings is 1. The molecule has 5 heteroatoms. The second-order valence-corrected chi connectivity index (χ2v) is 4.71. The van der Waals surface area contributed by atoms with E-state index in [0.717, 1.165) is 31.1 Å². The highest BCUT2D eigenvalue weighted by molar-refractivity contribution is 5.66. The average molecular weight is 252 g/mol. The maximum absolute atomic E-state index is 10.5. The highest BCUT2D eigenvalue weighted by atomic mass is 16.4. The summed E-state index contributed by atoms with van der Waals surface area (Å²) in [5.74, 6) is -0.0515. The van der Waals surface area contributed by atoms with Crippen molar-refractivity contribution in [3.8, 4) is 0 Å². The molecule has 1 atom stereocenters. The van der Waals surface area contributed by atoms with Crippen molar-refractivity contribution in [1.29, 1.82) is 0 Å². The van der Waals surface area contributed by atoms with E-state index in [0.29, 0.717) is 6.42 Å². The minimum absolute atomic E-state index is 0.105. The Morgan fingerprint density at radius 2 is 2.44 bits per heavy atom. The number of carbonyl (C=O) groups is 1. The Bertz CT molecular complexity index is 403. The standard InChI is InChI=1S/C13H20N2O3/c1-2-15-8-4-3-5-11(15)13-14-10(9-18-13)6-7-12(16)17/h9,11H,2-8H2,1H3,(H,16,17). The van der Waals surface area contributed by atoms with Gasteiger partial charge in [-0.1, -0.05) is 13.3 Å². The van der Waals surface area contributed by atoms with E-state index in [1.54, 1.807) is 6.26 Å². The molecule has 1 saturated heterocycles. The Hall–Kier alpha value is -1.36. The van der Waals surface area contributed by atoms with Gasteiger partial charge in [0.2, 0.25) is 5.89 Å². The lowest BCUT2D eigenvalue weighted by Gasteiger charge is -2.32. The second kappa shape index (κ2) is 6.00. The van der Waals surface area contributed by atoms with Gasteiger partial charge in [-0.15, -0.1) is 0 Å². The summed E-state index contributed by atoms with van der Waals surface area (Å²) in [6.45, 7) is 4.23. The SMILES string of the molecule is CCN1CCCCC1c1nc(CCC(=O)O)co1. The summed E-state index contributed by atoms with van der Waals surface area (Å²) in [7, 11) is 0. The number of nitrogens with zero attached hydrogens (tertiary/aromatic N) is 2. The van der Waals surface area contributed by atoms with E-state index in [4.69, 9.17) is 9.52 Å². The lowest BCUT2D eigenvalue weighted by molar-refractivity contribution is -0.136. The third-order valence-electron chi connectivity index (χ3n) is 3.47. The molecule has 0 saturated carbocycles. The van der Waals surface area contributed by atoms with Crippen LogP contribution in [0.5, 0.6) is 0 Å². The van der Waals surface area contributed by atoms with Crippen molar-refractivity contribution in [3.05, 3.63) is 17.8 Å². The van der Waals surface area contributed by atoms with E-state index in [1.807, 2.05) is 0 Å². The van der Waals surface area contributed by atoms with Crippen molar-refractivity contribution in [2.45, 2.75) is 45.1 Å². The number of aryl methyl sites for hydroxylation is 1. The van der Waals surface area contributed by atoms with Gasteiger partial charge in [0.15, 0.2) is 0 Å². The Morgan fingerprint density at radius 1 is 1.61 bits per heavy atom. The second-order valence-electron chi connectivity index (χ2n) is 4.71. The zero-order valence-corrected chi connectivity index (χ0v) is 10.8. The van der Waals surface area contributed by atoms with Crippen LogP contribution >= 0.6 is 0 Å². The molecule has 0 spiro atoms. The topological polar surface area (TPSA) is 66.6 Å². The minimum atomic E-state index is -0.799. The number of aromatic nitrogens is 1. The van der Waals surface area contributed by atoms with Crippen LogP contribution in [0, 0.1) is 0 Å². The summed E-state index contributed by atoms with van der Waals surface area (Å²) in [5, 5.41) is 8.64. The van der Waals surface area contributed by atoms with Gasteiger partial charge in [-0.25, -0.2) is 4.98 Å². The molecule has 1 aromatic rings. The molecule has 1 N–H and O–H groups in total. The third kappa shape index (κ3) is 3.10. The molecule has 0 aromatic carbocycles. The summed E-state index contributed by atoms with van der Waals surface area (Å²) in [6, 6.07) is 0.266.